The number of hydrogen-bond acceptors (Lipinski definition) is 3. The molecule has 3 rings (SSSR count). The molecular weight excluding hydrogens is 278 g/mol. The molecule has 120 valence electrons. The van der Waals surface area contributed by atoms with Crippen molar-refractivity contribution < 1.29 is 14.6 Å². The van der Waals surface area contributed by atoms with Gasteiger partial charge in [-0.3, -0.25) is 4.79 Å². The SMILES string of the molecule is CC1COC(CO)CN1C(=O)CC1CCCc2ccccc21. The monoisotopic (exact) mass is 303 g/mol. The Hall–Kier alpha value is -1.39. The maximum absolute atomic E-state index is 12.7. The minimum atomic E-state index is -0.237. The van der Waals surface area contributed by atoms with E-state index in [1.807, 2.05) is 11.8 Å². The molecule has 4 nitrogen and oxygen atoms in total. The summed E-state index contributed by atoms with van der Waals surface area (Å²) >= 11 is 0. The van der Waals surface area contributed by atoms with Crippen molar-refractivity contribution >= 4 is 5.91 Å². The van der Waals surface area contributed by atoms with Gasteiger partial charge in [-0.15, -0.1) is 0 Å². The third-order valence-electron chi connectivity index (χ3n) is 4.94. The molecule has 1 N–H and O–H groups in total. The van der Waals surface area contributed by atoms with Gasteiger partial charge < -0.3 is 14.7 Å². The number of aliphatic hydroxyl groups excluding tert-OH is 1. The molecule has 4 heteroatoms. The van der Waals surface area contributed by atoms with Crippen molar-refractivity contribution in [1.29, 1.82) is 0 Å². The molecule has 1 saturated heterocycles. The van der Waals surface area contributed by atoms with Gasteiger partial charge in [0.1, 0.15) is 0 Å². The van der Waals surface area contributed by atoms with E-state index in [1.165, 1.54) is 11.1 Å². The highest BCUT2D eigenvalue weighted by Gasteiger charge is 2.31. The van der Waals surface area contributed by atoms with E-state index in [2.05, 4.69) is 24.3 Å². The van der Waals surface area contributed by atoms with E-state index < -0.39 is 0 Å². The molecule has 0 bridgehead atoms. The number of amides is 1. The summed E-state index contributed by atoms with van der Waals surface area (Å²) in [6.07, 6.45) is 3.71. The summed E-state index contributed by atoms with van der Waals surface area (Å²) in [6.45, 7) is 3.01. The standard InChI is InChI=1S/C18H25NO3/c1-13-12-22-16(11-20)10-19(13)18(21)9-15-7-4-6-14-5-2-3-8-17(14)15/h2-3,5,8,13,15-16,20H,4,6-7,9-12H2,1H3. The Balaban J connectivity index is 1.69. The molecule has 22 heavy (non-hydrogen) atoms. The molecule has 1 heterocycles. The average Bonchev–Trinajstić information content (AvgIpc) is 2.55. The van der Waals surface area contributed by atoms with Crippen LogP contribution in [0.25, 0.3) is 0 Å². The molecule has 0 spiro atoms. The number of aliphatic hydroxyl groups is 1. The first-order valence-corrected chi connectivity index (χ1v) is 8.28. The summed E-state index contributed by atoms with van der Waals surface area (Å²) < 4.78 is 5.52. The van der Waals surface area contributed by atoms with E-state index in [9.17, 15) is 9.90 Å². The Bertz CT molecular complexity index is 531. The van der Waals surface area contributed by atoms with Crippen molar-refractivity contribution in [1.82, 2.24) is 4.90 Å². The first-order valence-electron chi connectivity index (χ1n) is 8.28. The van der Waals surface area contributed by atoms with Gasteiger partial charge in [-0.1, -0.05) is 24.3 Å². The molecular formula is C18H25NO3. The largest absolute Gasteiger partial charge is 0.394 e. The molecule has 1 aromatic carbocycles. The Morgan fingerprint density at radius 2 is 2.23 bits per heavy atom. The van der Waals surface area contributed by atoms with Gasteiger partial charge in [0.05, 0.1) is 25.4 Å². The lowest BCUT2D eigenvalue weighted by molar-refractivity contribution is -0.146. The molecule has 0 aromatic heterocycles. The molecule has 3 unspecified atom stereocenters. The number of morpholine rings is 1. The molecule has 0 radical (unpaired) electrons. The van der Waals surface area contributed by atoms with E-state index in [1.54, 1.807) is 0 Å². The van der Waals surface area contributed by atoms with Gasteiger partial charge in [0.25, 0.3) is 0 Å². The number of fused-ring (bicyclic) bond motifs is 1. The molecule has 3 atom stereocenters. The molecule has 1 aliphatic heterocycles. The summed E-state index contributed by atoms with van der Waals surface area (Å²) in [4.78, 5) is 14.6. The first-order chi connectivity index (χ1) is 10.7. The number of ether oxygens (including phenoxy) is 1. The number of nitrogens with zero attached hydrogens (tertiary/aromatic N) is 1. The van der Waals surface area contributed by atoms with Crippen molar-refractivity contribution in [2.24, 2.45) is 0 Å². The van der Waals surface area contributed by atoms with Gasteiger partial charge in [0.2, 0.25) is 5.91 Å². The summed E-state index contributed by atoms with van der Waals surface area (Å²) in [5.74, 6) is 0.524. The predicted octanol–water partition coefficient (Wildman–Crippen LogP) is 2.10. The van der Waals surface area contributed by atoms with Crippen molar-refractivity contribution in [3.8, 4) is 0 Å². The molecule has 2 aliphatic rings. The van der Waals surface area contributed by atoms with E-state index in [4.69, 9.17) is 4.74 Å². The van der Waals surface area contributed by atoms with Crippen LogP contribution in [-0.2, 0) is 16.0 Å². The fraction of sp³-hybridized carbons (Fsp3) is 0.611. The number of aryl methyl sites for hydroxylation is 1. The smallest absolute Gasteiger partial charge is 0.223 e. The summed E-state index contributed by atoms with van der Waals surface area (Å²) in [5.41, 5.74) is 2.75. The number of benzene rings is 1. The minimum absolute atomic E-state index is 0.0250. The Morgan fingerprint density at radius 3 is 3.05 bits per heavy atom. The molecule has 1 aromatic rings. The van der Waals surface area contributed by atoms with E-state index in [-0.39, 0.29) is 24.7 Å². The van der Waals surface area contributed by atoms with E-state index in [0.717, 1.165) is 19.3 Å². The van der Waals surface area contributed by atoms with Gasteiger partial charge in [-0.05, 0) is 43.2 Å². The second-order valence-corrected chi connectivity index (χ2v) is 6.53. The second-order valence-electron chi connectivity index (χ2n) is 6.53. The van der Waals surface area contributed by atoms with Crippen LogP contribution >= 0.6 is 0 Å². The zero-order chi connectivity index (χ0) is 15.5. The fourth-order valence-corrected chi connectivity index (χ4v) is 3.67. The lowest BCUT2D eigenvalue weighted by Crippen LogP contribution is -2.52. The third kappa shape index (κ3) is 3.18. The highest BCUT2D eigenvalue weighted by atomic mass is 16.5. The van der Waals surface area contributed by atoms with Gasteiger partial charge >= 0.3 is 0 Å². The lowest BCUT2D eigenvalue weighted by Gasteiger charge is -2.38. The van der Waals surface area contributed by atoms with Gasteiger partial charge in [-0.25, -0.2) is 0 Å². The normalized spacial score (nSPS) is 28.3. The van der Waals surface area contributed by atoms with Crippen LogP contribution in [0.3, 0.4) is 0 Å². The molecule has 1 amide bonds. The zero-order valence-electron chi connectivity index (χ0n) is 13.2. The summed E-state index contributed by atoms with van der Waals surface area (Å²) in [5, 5.41) is 9.27. The van der Waals surface area contributed by atoms with Gasteiger partial charge in [-0.2, -0.15) is 0 Å². The van der Waals surface area contributed by atoms with Crippen LogP contribution in [0.1, 0.15) is 43.2 Å². The van der Waals surface area contributed by atoms with Crippen LogP contribution in [0.15, 0.2) is 24.3 Å². The second kappa shape index (κ2) is 6.80. The Labute approximate surface area is 132 Å². The van der Waals surface area contributed by atoms with Crippen LogP contribution in [-0.4, -0.2) is 47.8 Å². The molecule has 1 fully saturated rings. The number of carbonyl (C=O) groups excluding carboxylic acids is 1. The quantitative estimate of drug-likeness (QED) is 0.930. The predicted molar refractivity (Wildman–Crippen MR) is 84.7 cm³/mol. The highest BCUT2D eigenvalue weighted by Crippen LogP contribution is 2.34. The number of carbonyl (C=O) groups is 1. The summed E-state index contributed by atoms with van der Waals surface area (Å²) in [7, 11) is 0. The first kappa shape index (κ1) is 15.5. The maximum atomic E-state index is 12.7. The van der Waals surface area contributed by atoms with Gasteiger partial charge in [0.15, 0.2) is 0 Å². The van der Waals surface area contributed by atoms with Crippen molar-refractivity contribution in [3.63, 3.8) is 0 Å². The highest BCUT2D eigenvalue weighted by molar-refractivity contribution is 5.77. The minimum Gasteiger partial charge on any atom is -0.394 e. The fourth-order valence-electron chi connectivity index (χ4n) is 3.67. The van der Waals surface area contributed by atoms with Crippen molar-refractivity contribution in [2.45, 2.75) is 50.7 Å². The number of rotatable bonds is 3. The van der Waals surface area contributed by atoms with E-state index >= 15 is 0 Å². The Kier molecular flexibility index (Phi) is 4.79. The average molecular weight is 303 g/mol. The third-order valence-corrected chi connectivity index (χ3v) is 4.94. The van der Waals surface area contributed by atoms with Gasteiger partial charge in [0, 0.05) is 13.0 Å². The Morgan fingerprint density at radius 1 is 1.41 bits per heavy atom. The van der Waals surface area contributed by atoms with Crippen LogP contribution in [0, 0.1) is 0 Å². The van der Waals surface area contributed by atoms with Crippen LogP contribution in [0.4, 0.5) is 0 Å². The molecule has 1 aliphatic carbocycles. The molecule has 0 saturated carbocycles. The number of hydrogen-bond donors (Lipinski definition) is 1. The lowest BCUT2D eigenvalue weighted by atomic mass is 9.81. The van der Waals surface area contributed by atoms with Crippen molar-refractivity contribution in [3.05, 3.63) is 35.4 Å². The van der Waals surface area contributed by atoms with Crippen LogP contribution in [0.5, 0.6) is 0 Å². The maximum Gasteiger partial charge on any atom is 0.223 e. The topological polar surface area (TPSA) is 49.8 Å². The van der Waals surface area contributed by atoms with Crippen LogP contribution in [0.2, 0.25) is 0 Å². The summed E-state index contributed by atoms with van der Waals surface area (Å²) in [6, 6.07) is 8.60. The zero-order valence-corrected chi connectivity index (χ0v) is 13.2. The van der Waals surface area contributed by atoms with Crippen molar-refractivity contribution in [2.75, 3.05) is 19.8 Å². The van der Waals surface area contributed by atoms with Crippen LogP contribution < -0.4 is 0 Å². The van der Waals surface area contributed by atoms with E-state index in [0.29, 0.717) is 25.5 Å².